The third-order valence-electron chi connectivity index (χ3n) is 5.23. The first-order valence-electron chi connectivity index (χ1n) is 11.4. The highest BCUT2D eigenvalue weighted by molar-refractivity contribution is 9.11. The van der Waals surface area contributed by atoms with E-state index in [2.05, 4.69) is 47.2 Å². The van der Waals surface area contributed by atoms with Crippen LogP contribution in [0.15, 0.2) is 46.8 Å². The molecule has 16 heteroatoms. The highest BCUT2D eigenvalue weighted by atomic mass is 79.9. The normalized spacial score (nSPS) is 10.8. The molecule has 8 N–H and O–H groups in total. The van der Waals surface area contributed by atoms with Gasteiger partial charge in [-0.25, -0.2) is 4.98 Å². The topological polar surface area (TPSA) is 208 Å². The zero-order valence-corrected chi connectivity index (χ0v) is 22.9. The van der Waals surface area contributed by atoms with Gasteiger partial charge in [-0.15, -0.1) is 0 Å². The summed E-state index contributed by atoms with van der Waals surface area (Å²) >= 11 is 3.01. The molecule has 3 rings (SSSR count). The molecule has 0 radical (unpaired) electrons. The maximum atomic E-state index is 12.9. The second-order valence-corrected chi connectivity index (χ2v) is 8.79. The number of nitrogens with two attached hydrogens (primary N) is 2. The lowest BCUT2D eigenvalue weighted by molar-refractivity contribution is -0.111. The van der Waals surface area contributed by atoms with Crippen molar-refractivity contribution in [3.63, 3.8) is 0 Å². The van der Waals surface area contributed by atoms with E-state index in [9.17, 15) is 19.2 Å². The number of aromatic nitrogens is 4. The van der Waals surface area contributed by atoms with Crippen molar-refractivity contribution in [1.29, 1.82) is 0 Å². The molecule has 0 aromatic carbocycles. The summed E-state index contributed by atoms with van der Waals surface area (Å²) in [5, 5.41) is 10.7. The smallest absolute Gasteiger partial charge is 0.291 e. The lowest BCUT2D eigenvalue weighted by Gasteiger charge is -2.04. The summed E-state index contributed by atoms with van der Waals surface area (Å²) in [5.41, 5.74) is 11.9. The molecule has 0 unspecified atom stereocenters. The van der Waals surface area contributed by atoms with Crippen LogP contribution in [0.4, 0.5) is 17.2 Å². The Labute approximate surface area is 231 Å². The molecule has 3 aromatic heterocycles. The van der Waals surface area contributed by atoms with E-state index in [4.69, 9.17) is 11.5 Å². The van der Waals surface area contributed by atoms with Gasteiger partial charge in [0.25, 0.3) is 17.7 Å². The molecule has 0 aliphatic heterocycles. The number of guanidine groups is 1. The van der Waals surface area contributed by atoms with Crippen LogP contribution in [0, 0.1) is 0 Å². The fourth-order valence-electron chi connectivity index (χ4n) is 3.51. The lowest BCUT2D eigenvalue weighted by atomic mass is 10.3. The Bertz CT molecular complexity index is 1460. The quantitative estimate of drug-likeness (QED) is 0.0835. The fraction of sp³-hybridized carbons (Fsp3) is 0.217. The molecule has 206 valence electrons. The van der Waals surface area contributed by atoms with Crippen molar-refractivity contribution < 1.29 is 19.2 Å². The number of rotatable bonds is 10. The van der Waals surface area contributed by atoms with E-state index in [0.29, 0.717) is 17.1 Å². The predicted octanol–water partition coefficient (Wildman–Crippen LogP) is 0.452. The van der Waals surface area contributed by atoms with Crippen LogP contribution in [0.3, 0.4) is 0 Å². The Morgan fingerprint density at radius 1 is 0.897 bits per heavy atom. The lowest BCUT2D eigenvalue weighted by Crippen LogP contribution is -2.29. The number of carbonyl (C=O) groups excluding carboxylic acids is 4. The molecule has 0 aliphatic carbocycles. The first-order valence-corrected chi connectivity index (χ1v) is 12.3. The summed E-state index contributed by atoms with van der Waals surface area (Å²) in [6, 6.07) is 3.03. The number of hydrogen-bond acceptors (Lipinski definition) is 6. The van der Waals surface area contributed by atoms with Crippen LogP contribution in [0.5, 0.6) is 0 Å². The molecule has 4 amide bonds. The van der Waals surface area contributed by atoms with Crippen molar-refractivity contribution >= 4 is 62.7 Å². The van der Waals surface area contributed by atoms with Gasteiger partial charge >= 0.3 is 0 Å². The van der Waals surface area contributed by atoms with E-state index in [-0.39, 0.29) is 42.3 Å². The SMILES string of the molecule is Cn1cc(NC(=O)c2cc(NC(=O)c3nc(NC(=O)C=CBr)cn3C)cn2C)cc1C(=O)NCCN=C(N)N. The third kappa shape index (κ3) is 7.57. The Morgan fingerprint density at radius 2 is 1.49 bits per heavy atom. The standard InChI is InChI=1S/C23H28BrN11O4/c1-33-10-13(8-15(33)20(37)27-6-7-28-23(25)26)29-21(38)16-9-14(11-34(16)2)30-22(39)19-32-17(12-35(19)3)31-18(36)4-5-24/h4-5,8-12H,6-7H2,1-3H3,(H,27,37)(H,29,38)(H,30,39)(H,31,36)(H4,25,26,28). The molecular weight excluding hydrogens is 574 g/mol. The Hall–Kier alpha value is -4.86. The van der Waals surface area contributed by atoms with Crippen LogP contribution in [0.25, 0.3) is 0 Å². The van der Waals surface area contributed by atoms with Crippen LogP contribution in [0.2, 0.25) is 0 Å². The second-order valence-electron chi connectivity index (χ2n) is 8.26. The van der Waals surface area contributed by atoms with E-state index in [1.807, 2.05) is 0 Å². The van der Waals surface area contributed by atoms with Gasteiger partial charge in [0.15, 0.2) is 11.8 Å². The zero-order valence-electron chi connectivity index (χ0n) is 21.4. The molecule has 0 fully saturated rings. The molecule has 0 spiro atoms. The molecule has 0 saturated carbocycles. The molecule has 3 heterocycles. The molecule has 0 atom stereocenters. The molecule has 0 aliphatic rings. The summed E-state index contributed by atoms with van der Waals surface area (Å²) in [6.45, 7) is 0.478. The Kier molecular flexibility index (Phi) is 9.27. The predicted molar refractivity (Wildman–Crippen MR) is 150 cm³/mol. The van der Waals surface area contributed by atoms with Crippen molar-refractivity contribution in [3.8, 4) is 0 Å². The van der Waals surface area contributed by atoms with E-state index in [1.165, 1.54) is 34.0 Å². The molecule has 3 aromatic rings. The first-order chi connectivity index (χ1) is 18.5. The van der Waals surface area contributed by atoms with Crippen LogP contribution in [0.1, 0.15) is 31.6 Å². The van der Waals surface area contributed by atoms with Gasteiger partial charge in [-0.05, 0) is 17.1 Å². The van der Waals surface area contributed by atoms with Crippen LogP contribution < -0.4 is 32.7 Å². The van der Waals surface area contributed by atoms with Crippen molar-refractivity contribution in [2.75, 3.05) is 29.0 Å². The number of anilines is 3. The van der Waals surface area contributed by atoms with Crippen molar-refractivity contribution in [2.24, 2.45) is 37.6 Å². The van der Waals surface area contributed by atoms with Crippen LogP contribution >= 0.6 is 15.9 Å². The maximum absolute atomic E-state index is 12.9. The fourth-order valence-corrected chi connectivity index (χ4v) is 3.75. The minimum Gasteiger partial charge on any atom is -0.370 e. The van der Waals surface area contributed by atoms with E-state index in [0.717, 1.165) is 0 Å². The molecular formula is C23H28BrN11O4. The third-order valence-corrected chi connectivity index (χ3v) is 5.49. The summed E-state index contributed by atoms with van der Waals surface area (Å²) < 4.78 is 4.58. The number of hydrogen-bond donors (Lipinski definition) is 6. The van der Waals surface area contributed by atoms with Gasteiger partial charge in [0.2, 0.25) is 11.7 Å². The summed E-state index contributed by atoms with van der Waals surface area (Å²) in [4.78, 5) is 59.2. The Balaban J connectivity index is 1.64. The van der Waals surface area contributed by atoms with Crippen LogP contribution in [-0.2, 0) is 25.9 Å². The molecule has 39 heavy (non-hydrogen) atoms. The number of imidazole rings is 1. The van der Waals surface area contributed by atoms with Crippen LogP contribution in [-0.4, -0.2) is 61.4 Å². The van der Waals surface area contributed by atoms with Gasteiger partial charge < -0.3 is 46.4 Å². The van der Waals surface area contributed by atoms with Gasteiger partial charge in [0.05, 0.1) is 17.9 Å². The number of aryl methyl sites for hydroxylation is 3. The molecule has 15 nitrogen and oxygen atoms in total. The first kappa shape index (κ1) is 28.7. The summed E-state index contributed by atoms with van der Waals surface area (Å²) in [6.07, 6.45) is 5.92. The van der Waals surface area contributed by atoms with Gasteiger partial charge in [-0.2, -0.15) is 0 Å². The Morgan fingerprint density at radius 3 is 2.08 bits per heavy atom. The van der Waals surface area contributed by atoms with Crippen molar-refractivity contribution in [3.05, 3.63) is 59.0 Å². The second kappa shape index (κ2) is 12.6. The highest BCUT2D eigenvalue weighted by Gasteiger charge is 2.19. The number of aliphatic imine (C=N–C) groups is 1. The van der Waals surface area contributed by atoms with Gasteiger partial charge in [0, 0.05) is 52.4 Å². The summed E-state index contributed by atoms with van der Waals surface area (Å²) in [5.74, 6) is -1.57. The minimum absolute atomic E-state index is 0.0522. The molecule has 0 bridgehead atoms. The van der Waals surface area contributed by atoms with Crippen molar-refractivity contribution in [2.45, 2.75) is 0 Å². The number of carbonyl (C=O) groups is 4. The number of amides is 4. The zero-order chi connectivity index (χ0) is 28.7. The maximum Gasteiger partial charge on any atom is 0.291 e. The average molecular weight is 602 g/mol. The number of nitrogens with zero attached hydrogens (tertiary/aromatic N) is 5. The van der Waals surface area contributed by atoms with E-state index < -0.39 is 17.7 Å². The highest BCUT2D eigenvalue weighted by Crippen LogP contribution is 2.18. The van der Waals surface area contributed by atoms with Crippen molar-refractivity contribution in [1.82, 2.24) is 24.0 Å². The van der Waals surface area contributed by atoms with Gasteiger partial charge in [-0.1, -0.05) is 15.9 Å². The summed E-state index contributed by atoms with van der Waals surface area (Å²) in [7, 11) is 4.93. The molecule has 0 saturated heterocycles. The average Bonchev–Trinajstić information content (AvgIpc) is 3.52. The number of halogens is 1. The van der Waals surface area contributed by atoms with Gasteiger partial charge in [-0.3, -0.25) is 24.2 Å². The van der Waals surface area contributed by atoms with Gasteiger partial charge in [0.1, 0.15) is 11.4 Å². The van der Waals surface area contributed by atoms with E-state index in [1.54, 1.807) is 42.7 Å². The monoisotopic (exact) mass is 601 g/mol. The number of nitrogens with one attached hydrogen (secondary N) is 4. The van der Waals surface area contributed by atoms with E-state index >= 15 is 0 Å². The minimum atomic E-state index is -0.537. The largest absolute Gasteiger partial charge is 0.370 e.